The molecule has 20 heavy (non-hydrogen) atoms. The first-order valence-electron chi connectivity index (χ1n) is 6.44. The summed E-state index contributed by atoms with van der Waals surface area (Å²) in [6.45, 7) is 4.07. The predicted molar refractivity (Wildman–Crippen MR) is 78.7 cm³/mol. The first-order valence-corrected chi connectivity index (χ1v) is 6.44. The highest BCUT2D eigenvalue weighted by Crippen LogP contribution is 2.26. The lowest BCUT2D eigenvalue weighted by molar-refractivity contribution is -0.137. The van der Waals surface area contributed by atoms with E-state index in [1.807, 2.05) is 31.2 Å². The van der Waals surface area contributed by atoms with Gasteiger partial charge in [-0.05, 0) is 37.6 Å². The Morgan fingerprint density at radius 2 is 2.15 bits per heavy atom. The minimum absolute atomic E-state index is 0.345. The Hall–Kier alpha value is -2.36. The summed E-state index contributed by atoms with van der Waals surface area (Å²) < 4.78 is 10.2. The Morgan fingerprint density at radius 3 is 2.85 bits per heavy atom. The number of nitrogens with zero attached hydrogens (tertiary/aromatic N) is 1. The van der Waals surface area contributed by atoms with Crippen molar-refractivity contribution in [2.24, 2.45) is 0 Å². The van der Waals surface area contributed by atoms with Crippen molar-refractivity contribution in [1.29, 1.82) is 0 Å². The third-order valence-corrected chi connectivity index (χ3v) is 2.84. The molecule has 1 aromatic heterocycles. The van der Waals surface area contributed by atoms with E-state index in [9.17, 15) is 4.79 Å². The van der Waals surface area contributed by atoms with Crippen LogP contribution in [-0.2, 0) is 9.53 Å². The molecule has 0 atom stereocenters. The molecule has 0 amide bonds. The van der Waals surface area contributed by atoms with Gasteiger partial charge in [0, 0.05) is 23.2 Å². The van der Waals surface area contributed by atoms with Gasteiger partial charge in [-0.1, -0.05) is 6.07 Å². The SMILES string of the molecule is CCOC(=O)/C=C/c1ccc2c(OC)cc(C)nc2c1. The van der Waals surface area contributed by atoms with Crippen molar-refractivity contribution in [1.82, 2.24) is 4.98 Å². The lowest BCUT2D eigenvalue weighted by Gasteiger charge is -2.07. The largest absolute Gasteiger partial charge is 0.496 e. The topological polar surface area (TPSA) is 48.4 Å². The number of carbonyl (C=O) groups excluding carboxylic acids is 1. The Kier molecular flexibility index (Phi) is 4.35. The standard InChI is InChI=1S/C16H17NO3/c1-4-20-16(18)8-6-12-5-7-13-14(10-12)17-11(2)9-15(13)19-3/h5-10H,4H2,1-3H3/b8-6+. The molecule has 4 nitrogen and oxygen atoms in total. The van der Waals surface area contributed by atoms with Crippen LogP contribution in [0.15, 0.2) is 30.3 Å². The van der Waals surface area contributed by atoms with Gasteiger partial charge in [-0.25, -0.2) is 4.79 Å². The van der Waals surface area contributed by atoms with E-state index >= 15 is 0 Å². The number of carbonyl (C=O) groups is 1. The van der Waals surface area contributed by atoms with Gasteiger partial charge in [-0.3, -0.25) is 4.98 Å². The van der Waals surface area contributed by atoms with Crippen molar-refractivity contribution in [2.45, 2.75) is 13.8 Å². The Labute approximate surface area is 118 Å². The van der Waals surface area contributed by atoms with Crippen molar-refractivity contribution in [3.05, 3.63) is 41.6 Å². The summed E-state index contributed by atoms with van der Waals surface area (Å²) in [5.74, 6) is 0.454. The first-order chi connectivity index (χ1) is 9.63. The molecule has 0 bridgehead atoms. The Morgan fingerprint density at radius 1 is 1.35 bits per heavy atom. The zero-order valence-electron chi connectivity index (χ0n) is 11.8. The molecule has 0 radical (unpaired) electrons. The number of hydrogen-bond donors (Lipinski definition) is 0. The molecule has 0 saturated carbocycles. The van der Waals surface area contributed by atoms with Crippen LogP contribution in [0.25, 0.3) is 17.0 Å². The third kappa shape index (κ3) is 3.15. The van der Waals surface area contributed by atoms with Crippen molar-refractivity contribution >= 4 is 22.9 Å². The first kappa shape index (κ1) is 14.1. The third-order valence-electron chi connectivity index (χ3n) is 2.84. The molecule has 0 aliphatic rings. The van der Waals surface area contributed by atoms with Crippen LogP contribution in [0.4, 0.5) is 0 Å². The highest BCUT2D eigenvalue weighted by Gasteiger charge is 2.04. The second-order valence-corrected chi connectivity index (χ2v) is 4.33. The Bertz CT molecular complexity index is 662. The van der Waals surface area contributed by atoms with Crippen LogP contribution in [-0.4, -0.2) is 24.7 Å². The smallest absolute Gasteiger partial charge is 0.330 e. The zero-order valence-corrected chi connectivity index (χ0v) is 11.8. The maximum atomic E-state index is 11.3. The minimum atomic E-state index is -0.345. The number of pyridine rings is 1. The zero-order chi connectivity index (χ0) is 14.5. The molecule has 2 aromatic rings. The van der Waals surface area contributed by atoms with Crippen LogP contribution in [0.3, 0.4) is 0 Å². The number of hydrogen-bond acceptors (Lipinski definition) is 4. The van der Waals surface area contributed by atoms with Gasteiger partial charge in [-0.2, -0.15) is 0 Å². The number of rotatable bonds is 4. The second-order valence-electron chi connectivity index (χ2n) is 4.33. The number of benzene rings is 1. The number of ether oxygens (including phenoxy) is 2. The molecule has 0 N–H and O–H groups in total. The summed E-state index contributed by atoms with van der Waals surface area (Å²) in [6, 6.07) is 7.67. The van der Waals surface area contributed by atoms with Crippen LogP contribution in [0.1, 0.15) is 18.2 Å². The number of aromatic nitrogens is 1. The molecule has 0 saturated heterocycles. The van der Waals surface area contributed by atoms with E-state index < -0.39 is 0 Å². The average molecular weight is 271 g/mol. The summed E-state index contributed by atoms with van der Waals surface area (Å²) in [5.41, 5.74) is 2.62. The van der Waals surface area contributed by atoms with E-state index in [1.54, 1.807) is 20.1 Å². The van der Waals surface area contributed by atoms with E-state index in [0.717, 1.165) is 27.9 Å². The van der Waals surface area contributed by atoms with E-state index in [1.165, 1.54) is 6.08 Å². The maximum Gasteiger partial charge on any atom is 0.330 e. The molecule has 0 spiro atoms. The van der Waals surface area contributed by atoms with Gasteiger partial charge in [0.2, 0.25) is 0 Å². The molecule has 0 aliphatic heterocycles. The molecule has 2 rings (SSSR count). The monoisotopic (exact) mass is 271 g/mol. The van der Waals surface area contributed by atoms with Crippen molar-refractivity contribution in [2.75, 3.05) is 13.7 Å². The fourth-order valence-corrected chi connectivity index (χ4v) is 1.97. The van der Waals surface area contributed by atoms with Crippen LogP contribution in [0.5, 0.6) is 5.75 Å². The normalized spacial score (nSPS) is 10.9. The van der Waals surface area contributed by atoms with Crippen molar-refractivity contribution < 1.29 is 14.3 Å². The van der Waals surface area contributed by atoms with Gasteiger partial charge in [0.25, 0.3) is 0 Å². The summed E-state index contributed by atoms with van der Waals surface area (Å²) in [5, 5.41) is 0.950. The summed E-state index contributed by atoms with van der Waals surface area (Å²) in [6.07, 6.45) is 3.13. The number of methoxy groups -OCH3 is 1. The summed E-state index contributed by atoms with van der Waals surface area (Å²) in [4.78, 5) is 15.8. The maximum absolute atomic E-state index is 11.3. The molecule has 0 aliphatic carbocycles. The fourth-order valence-electron chi connectivity index (χ4n) is 1.97. The quantitative estimate of drug-likeness (QED) is 0.633. The molecule has 0 fully saturated rings. The van der Waals surface area contributed by atoms with Crippen molar-refractivity contribution in [3.63, 3.8) is 0 Å². The van der Waals surface area contributed by atoms with E-state index in [-0.39, 0.29) is 5.97 Å². The highest BCUT2D eigenvalue weighted by molar-refractivity contribution is 5.90. The van der Waals surface area contributed by atoms with E-state index in [2.05, 4.69) is 4.98 Å². The lowest BCUT2D eigenvalue weighted by atomic mass is 10.1. The average Bonchev–Trinajstić information content (AvgIpc) is 2.44. The number of aryl methyl sites for hydroxylation is 1. The molecule has 104 valence electrons. The van der Waals surface area contributed by atoms with Gasteiger partial charge < -0.3 is 9.47 Å². The molecule has 4 heteroatoms. The summed E-state index contributed by atoms with van der Waals surface area (Å²) >= 11 is 0. The van der Waals surface area contributed by atoms with Gasteiger partial charge in [0.15, 0.2) is 0 Å². The molecule has 1 aromatic carbocycles. The fraction of sp³-hybridized carbons (Fsp3) is 0.250. The number of esters is 1. The Balaban J connectivity index is 2.36. The van der Waals surface area contributed by atoms with Crippen LogP contribution in [0.2, 0.25) is 0 Å². The predicted octanol–water partition coefficient (Wildman–Crippen LogP) is 3.13. The lowest BCUT2D eigenvalue weighted by Crippen LogP contribution is -1.98. The van der Waals surface area contributed by atoms with E-state index in [4.69, 9.17) is 9.47 Å². The molecular formula is C16H17NO3. The van der Waals surface area contributed by atoms with Crippen LogP contribution < -0.4 is 4.74 Å². The van der Waals surface area contributed by atoms with E-state index in [0.29, 0.717) is 6.61 Å². The van der Waals surface area contributed by atoms with Crippen LogP contribution >= 0.6 is 0 Å². The van der Waals surface area contributed by atoms with Gasteiger partial charge >= 0.3 is 5.97 Å². The van der Waals surface area contributed by atoms with Gasteiger partial charge in [-0.15, -0.1) is 0 Å². The highest BCUT2D eigenvalue weighted by atomic mass is 16.5. The number of fused-ring (bicyclic) bond motifs is 1. The molecular weight excluding hydrogens is 254 g/mol. The molecule has 1 heterocycles. The van der Waals surface area contributed by atoms with Crippen molar-refractivity contribution in [3.8, 4) is 5.75 Å². The minimum Gasteiger partial charge on any atom is -0.496 e. The van der Waals surface area contributed by atoms with Gasteiger partial charge in [0.1, 0.15) is 5.75 Å². The summed E-state index contributed by atoms with van der Waals surface area (Å²) in [7, 11) is 1.64. The van der Waals surface area contributed by atoms with Gasteiger partial charge in [0.05, 0.1) is 19.2 Å². The molecule has 0 unspecified atom stereocenters. The second kappa shape index (κ2) is 6.19. The van der Waals surface area contributed by atoms with Crippen LogP contribution in [0, 0.1) is 6.92 Å².